The van der Waals surface area contributed by atoms with Crippen LogP contribution in [0.1, 0.15) is 38.5 Å². The van der Waals surface area contributed by atoms with Gasteiger partial charge in [0.25, 0.3) is 0 Å². The number of aldehydes is 1. The zero-order valence-electron chi connectivity index (χ0n) is 13.7. The van der Waals surface area contributed by atoms with E-state index in [0.29, 0.717) is 43.5 Å². The fourth-order valence-corrected chi connectivity index (χ4v) is 3.09. The zero-order valence-corrected chi connectivity index (χ0v) is 12.7. The Kier molecular flexibility index (Phi) is 3.81. The average molecular weight is 319 g/mol. The van der Waals surface area contributed by atoms with Crippen molar-refractivity contribution in [3.8, 4) is 0 Å². The number of hydrogen-bond donors (Lipinski definition) is 1. The van der Waals surface area contributed by atoms with Gasteiger partial charge in [0.2, 0.25) is 11.8 Å². The average Bonchev–Trinajstić information content (AvgIpc) is 2.56. The van der Waals surface area contributed by atoms with Crippen molar-refractivity contribution in [2.45, 2.75) is 37.3 Å². The van der Waals surface area contributed by atoms with Gasteiger partial charge in [-0.2, -0.15) is 0 Å². The Labute approximate surface area is 135 Å². The third-order valence-electron chi connectivity index (χ3n) is 4.61. The first-order chi connectivity index (χ1) is 11.4. The lowest BCUT2D eigenvalue weighted by atomic mass is 9.90. The molecule has 2 aliphatic rings. The molecule has 0 spiro atoms. The third kappa shape index (κ3) is 3.25. The van der Waals surface area contributed by atoms with Crippen molar-refractivity contribution in [1.29, 1.82) is 0 Å². The van der Waals surface area contributed by atoms with E-state index in [1.54, 1.807) is 18.2 Å². The fourth-order valence-electron chi connectivity index (χ4n) is 3.09. The quantitative estimate of drug-likeness (QED) is 0.680. The molecule has 0 saturated carbocycles. The summed E-state index contributed by atoms with van der Waals surface area (Å²) in [6.45, 7) is 0.748. The molecule has 0 aromatic heterocycles. The number of hydrogen-bond acceptors (Lipinski definition) is 4. The number of piperidine rings is 2. The van der Waals surface area contributed by atoms with Gasteiger partial charge >= 0.3 is 0 Å². The number of imide groups is 1. The maximum absolute atomic E-state index is 14.0. The maximum Gasteiger partial charge on any atom is 0.234 e. The van der Waals surface area contributed by atoms with E-state index in [4.69, 9.17) is 1.37 Å². The van der Waals surface area contributed by atoms with E-state index < -0.39 is 11.6 Å². The third-order valence-corrected chi connectivity index (χ3v) is 4.61. The summed E-state index contributed by atoms with van der Waals surface area (Å²) in [7, 11) is 0. The summed E-state index contributed by atoms with van der Waals surface area (Å²) in [6.07, 6.45) is 1.34. The van der Waals surface area contributed by atoms with Crippen molar-refractivity contribution >= 4 is 23.8 Å². The van der Waals surface area contributed by atoms with Gasteiger partial charge in [-0.3, -0.25) is 19.7 Å². The molecule has 2 saturated heterocycles. The van der Waals surface area contributed by atoms with Crippen LogP contribution >= 0.6 is 0 Å². The second-order valence-corrected chi connectivity index (χ2v) is 6.15. The molecule has 1 unspecified atom stereocenters. The van der Waals surface area contributed by atoms with Gasteiger partial charge in [-0.1, -0.05) is 12.1 Å². The number of amides is 2. The van der Waals surface area contributed by atoms with E-state index in [2.05, 4.69) is 5.32 Å². The molecule has 1 aromatic rings. The molecule has 0 radical (unpaired) electrons. The molecule has 1 atom stereocenters. The minimum atomic E-state index is -1.76. The molecule has 6 heteroatoms. The molecule has 1 N–H and O–H groups in total. The normalized spacial score (nSPS) is 24.8. The Morgan fingerprint density at radius 2 is 2.04 bits per heavy atom. The van der Waals surface area contributed by atoms with Crippen LogP contribution in [-0.4, -0.2) is 36.9 Å². The molecule has 2 amide bonds. The van der Waals surface area contributed by atoms with Gasteiger partial charge in [-0.15, -0.1) is 0 Å². The highest BCUT2D eigenvalue weighted by Crippen LogP contribution is 2.30. The molecule has 2 fully saturated rings. The molecule has 1 aromatic carbocycles. The first-order valence-corrected chi connectivity index (χ1v) is 7.76. The summed E-state index contributed by atoms with van der Waals surface area (Å²) in [5, 5.41) is 2.32. The number of carbonyl (C=O) groups excluding carboxylic acids is 3. The minimum absolute atomic E-state index is 0.116. The van der Waals surface area contributed by atoms with Gasteiger partial charge in [-0.25, -0.2) is 4.39 Å². The Morgan fingerprint density at radius 3 is 2.65 bits per heavy atom. The number of nitrogens with one attached hydrogen (secondary N) is 1. The Morgan fingerprint density at radius 1 is 1.30 bits per heavy atom. The highest BCUT2D eigenvalue weighted by Gasteiger charge is 2.34. The van der Waals surface area contributed by atoms with Gasteiger partial charge in [0.15, 0.2) is 12.0 Å². The van der Waals surface area contributed by atoms with Crippen molar-refractivity contribution in [3.63, 3.8) is 0 Å². The van der Waals surface area contributed by atoms with Crippen LogP contribution in [0.4, 0.5) is 10.1 Å². The van der Waals surface area contributed by atoms with Gasteiger partial charge in [0.1, 0.15) is 0 Å². The molecule has 5 nitrogen and oxygen atoms in total. The second-order valence-electron chi connectivity index (χ2n) is 6.15. The maximum atomic E-state index is 14.0. The van der Waals surface area contributed by atoms with Gasteiger partial charge in [-0.05, 0) is 24.1 Å². The highest BCUT2D eigenvalue weighted by atomic mass is 19.1. The number of rotatable bonds is 3. The van der Waals surface area contributed by atoms with Gasteiger partial charge < -0.3 is 4.90 Å². The molecular formula is C17H19FN2O3. The van der Waals surface area contributed by atoms with E-state index >= 15 is 0 Å². The van der Waals surface area contributed by atoms with E-state index in [0.717, 1.165) is 0 Å². The Bertz CT molecular complexity index is 686. The largest absolute Gasteiger partial charge is 0.371 e. The summed E-state index contributed by atoms with van der Waals surface area (Å²) in [5.41, 5.74) is -0.386. The van der Waals surface area contributed by atoms with Crippen LogP contribution in [0.2, 0.25) is 0 Å². The molecular weight excluding hydrogens is 299 g/mol. The van der Waals surface area contributed by atoms with E-state index in [9.17, 15) is 18.8 Å². The van der Waals surface area contributed by atoms with E-state index in [1.807, 2.05) is 4.90 Å². The van der Waals surface area contributed by atoms with Crippen LogP contribution in [0, 0.1) is 0 Å². The van der Waals surface area contributed by atoms with Crippen molar-refractivity contribution in [2.75, 3.05) is 18.0 Å². The lowest BCUT2D eigenvalue weighted by molar-refractivity contribution is -0.134. The van der Waals surface area contributed by atoms with Gasteiger partial charge in [0.05, 0.1) is 7.29 Å². The minimum Gasteiger partial charge on any atom is -0.371 e. The number of halogens is 1. The summed E-state index contributed by atoms with van der Waals surface area (Å²) in [4.78, 5) is 35.8. The number of anilines is 1. The van der Waals surface area contributed by atoms with Crippen LogP contribution in [0.25, 0.3) is 0 Å². The van der Waals surface area contributed by atoms with E-state index in [1.165, 1.54) is 0 Å². The van der Waals surface area contributed by atoms with Gasteiger partial charge in [0, 0.05) is 38.0 Å². The predicted molar refractivity (Wildman–Crippen MR) is 82.9 cm³/mol. The summed E-state index contributed by atoms with van der Waals surface area (Å²) in [6, 6.07) is 5.43. The number of carbonyl (C=O) groups is 3. The van der Waals surface area contributed by atoms with Crippen LogP contribution < -0.4 is 10.2 Å². The predicted octanol–water partition coefficient (Wildman–Crippen LogP) is 1.71. The first-order valence-electron chi connectivity index (χ1n) is 8.26. The molecule has 0 aliphatic carbocycles. The van der Waals surface area contributed by atoms with Crippen molar-refractivity contribution in [2.24, 2.45) is 0 Å². The molecule has 2 aliphatic heterocycles. The zero-order chi connectivity index (χ0) is 17.3. The van der Waals surface area contributed by atoms with Crippen molar-refractivity contribution in [1.82, 2.24) is 5.32 Å². The summed E-state index contributed by atoms with van der Waals surface area (Å²) in [5.74, 6) is -1.02. The first kappa shape index (κ1) is 14.4. The molecule has 23 heavy (non-hydrogen) atoms. The molecule has 0 bridgehead atoms. The number of alkyl halides is 1. The summed E-state index contributed by atoms with van der Waals surface area (Å²) >= 11 is 0. The van der Waals surface area contributed by atoms with Crippen LogP contribution in [0.15, 0.2) is 24.2 Å². The number of nitrogens with zero attached hydrogens (tertiary/aromatic N) is 1. The second kappa shape index (κ2) is 6.10. The van der Waals surface area contributed by atoms with Crippen molar-refractivity contribution < 1.29 is 20.1 Å². The SMILES string of the molecule is [2H]c1cc(C2CCC(=O)NC2=O)ccc1N1CCC(F)(C=O)CC1. The lowest BCUT2D eigenvalue weighted by Crippen LogP contribution is -2.42. The molecule has 2 heterocycles. The standard InChI is InChI=1S/C17H19FN2O3/c18-17(11-21)7-9-20(10-8-17)13-3-1-12(2-4-13)14-5-6-15(22)19-16(14)23/h1-4,11,14H,5-10H2,(H,19,22,23)/i3D. The smallest absolute Gasteiger partial charge is 0.234 e. The van der Waals surface area contributed by atoms with Crippen LogP contribution in [0.5, 0.6) is 0 Å². The summed E-state index contributed by atoms with van der Waals surface area (Å²) < 4.78 is 22.2. The number of benzene rings is 1. The molecule has 3 rings (SSSR count). The fraction of sp³-hybridized carbons (Fsp3) is 0.471. The Balaban J connectivity index is 1.75. The van der Waals surface area contributed by atoms with Crippen LogP contribution in [0.3, 0.4) is 0 Å². The molecule has 122 valence electrons. The monoisotopic (exact) mass is 319 g/mol. The van der Waals surface area contributed by atoms with E-state index in [-0.39, 0.29) is 30.7 Å². The topological polar surface area (TPSA) is 66.5 Å². The van der Waals surface area contributed by atoms with Crippen molar-refractivity contribution in [3.05, 3.63) is 29.8 Å². The highest BCUT2D eigenvalue weighted by molar-refractivity contribution is 6.00. The van der Waals surface area contributed by atoms with Crippen LogP contribution in [-0.2, 0) is 14.4 Å². The Hall–Kier alpha value is -2.24. The lowest BCUT2D eigenvalue weighted by Gasteiger charge is -2.35.